The molecule has 2 rings (SSSR count). The lowest BCUT2D eigenvalue weighted by Crippen LogP contribution is -2.20. The summed E-state index contributed by atoms with van der Waals surface area (Å²) in [5, 5.41) is 3.57. The van der Waals surface area contributed by atoms with Gasteiger partial charge in [0.15, 0.2) is 0 Å². The van der Waals surface area contributed by atoms with Crippen LogP contribution in [0, 0.1) is 0 Å². The van der Waals surface area contributed by atoms with Gasteiger partial charge >= 0.3 is 0 Å². The summed E-state index contributed by atoms with van der Waals surface area (Å²) in [6.07, 6.45) is 7.02. The summed E-state index contributed by atoms with van der Waals surface area (Å²) in [5.41, 5.74) is 1.30. The Hall–Kier alpha value is -0.410. The first-order chi connectivity index (χ1) is 6.88. The molecule has 2 nitrogen and oxygen atoms in total. The lowest BCUT2D eigenvalue weighted by molar-refractivity contribution is 0.531. The molecule has 14 heavy (non-hydrogen) atoms. The fraction of sp³-hybridized carbons (Fsp3) is 0.545. The van der Waals surface area contributed by atoms with E-state index in [0.717, 1.165) is 11.1 Å². The van der Waals surface area contributed by atoms with Crippen molar-refractivity contribution < 1.29 is 0 Å². The zero-order chi connectivity index (χ0) is 9.80. The number of rotatable bonds is 1. The van der Waals surface area contributed by atoms with Gasteiger partial charge in [-0.2, -0.15) is 0 Å². The summed E-state index contributed by atoms with van der Waals surface area (Å²) in [6, 6.07) is 4.65. The Morgan fingerprint density at radius 2 is 2.29 bits per heavy atom. The molecule has 2 heterocycles. The summed E-state index contributed by atoms with van der Waals surface area (Å²) >= 11 is 3.51. The van der Waals surface area contributed by atoms with Crippen LogP contribution in [0.2, 0.25) is 0 Å². The van der Waals surface area contributed by atoms with E-state index in [4.69, 9.17) is 0 Å². The van der Waals surface area contributed by atoms with Crippen molar-refractivity contribution in [2.24, 2.45) is 0 Å². The van der Waals surface area contributed by atoms with Gasteiger partial charge in [0.1, 0.15) is 4.60 Å². The van der Waals surface area contributed by atoms with E-state index in [1.165, 1.54) is 31.2 Å². The van der Waals surface area contributed by atoms with Gasteiger partial charge in [0.05, 0.1) is 0 Å². The number of nitrogens with one attached hydrogen (secondary N) is 1. The Morgan fingerprint density at radius 1 is 1.36 bits per heavy atom. The van der Waals surface area contributed by atoms with Crippen LogP contribution in [0.15, 0.2) is 22.9 Å². The maximum Gasteiger partial charge on any atom is 0.110 e. The minimum atomic E-state index is 0.487. The minimum Gasteiger partial charge on any atom is -0.310 e. The molecule has 0 saturated carbocycles. The fourth-order valence-corrected chi connectivity index (χ4v) is 2.48. The Morgan fingerprint density at radius 3 is 3.14 bits per heavy atom. The second-order valence-electron chi connectivity index (χ2n) is 3.74. The molecule has 1 atom stereocenters. The first-order valence-electron chi connectivity index (χ1n) is 5.22. The molecule has 0 aromatic carbocycles. The number of nitrogens with zero attached hydrogens (tertiary/aromatic N) is 1. The summed E-state index contributed by atoms with van der Waals surface area (Å²) in [4.78, 5) is 4.26. The highest BCUT2D eigenvalue weighted by molar-refractivity contribution is 9.10. The number of hydrogen-bond donors (Lipinski definition) is 1. The van der Waals surface area contributed by atoms with Crippen molar-refractivity contribution in [3.05, 3.63) is 28.5 Å². The average Bonchev–Trinajstić information content (AvgIpc) is 2.47. The highest BCUT2D eigenvalue weighted by Crippen LogP contribution is 2.26. The van der Waals surface area contributed by atoms with Gasteiger partial charge in [0, 0.05) is 17.8 Å². The van der Waals surface area contributed by atoms with Gasteiger partial charge in [0.2, 0.25) is 0 Å². The van der Waals surface area contributed by atoms with E-state index in [9.17, 15) is 0 Å². The van der Waals surface area contributed by atoms with Crippen molar-refractivity contribution in [1.29, 1.82) is 0 Å². The van der Waals surface area contributed by atoms with Crippen LogP contribution < -0.4 is 5.32 Å². The number of halogens is 1. The molecule has 1 fully saturated rings. The lowest BCUT2D eigenvalue weighted by atomic mass is 10.0. The lowest BCUT2D eigenvalue weighted by Gasteiger charge is -2.16. The highest BCUT2D eigenvalue weighted by Gasteiger charge is 2.15. The monoisotopic (exact) mass is 254 g/mol. The first kappa shape index (κ1) is 10.1. The molecule has 1 unspecified atom stereocenters. The fourth-order valence-electron chi connectivity index (χ4n) is 1.95. The molecule has 1 aliphatic rings. The standard InChI is InChI=1S/C11H15BrN2/c12-11-9(5-4-8-14-11)10-6-2-1-3-7-13-10/h4-5,8,10,13H,1-3,6-7H2. The van der Waals surface area contributed by atoms with Gasteiger partial charge in [-0.05, 0) is 41.4 Å². The smallest absolute Gasteiger partial charge is 0.110 e. The molecular formula is C11H15BrN2. The molecule has 0 radical (unpaired) electrons. The van der Waals surface area contributed by atoms with Crippen LogP contribution in [0.25, 0.3) is 0 Å². The Labute approximate surface area is 93.3 Å². The van der Waals surface area contributed by atoms with E-state index in [1.54, 1.807) is 0 Å². The van der Waals surface area contributed by atoms with E-state index in [-0.39, 0.29) is 0 Å². The Bertz CT molecular complexity index is 293. The first-order valence-corrected chi connectivity index (χ1v) is 6.01. The van der Waals surface area contributed by atoms with Crippen molar-refractivity contribution >= 4 is 15.9 Å². The van der Waals surface area contributed by atoms with Crippen LogP contribution in [-0.4, -0.2) is 11.5 Å². The van der Waals surface area contributed by atoms with Gasteiger partial charge in [-0.15, -0.1) is 0 Å². The van der Waals surface area contributed by atoms with E-state index < -0.39 is 0 Å². The number of hydrogen-bond acceptors (Lipinski definition) is 2. The van der Waals surface area contributed by atoms with Crippen molar-refractivity contribution in [2.45, 2.75) is 31.7 Å². The van der Waals surface area contributed by atoms with Crippen LogP contribution >= 0.6 is 15.9 Å². The van der Waals surface area contributed by atoms with Gasteiger partial charge in [-0.25, -0.2) is 4.98 Å². The van der Waals surface area contributed by atoms with Gasteiger partial charge in [-0.3, -0.25) is 0 Å². The third-order valence-electron chi connectivity index (χ3n) is 2.72. The van der Waals surface area contributed by atoms with E-state index in [1.807, 2.05) is 12.3 Å². The number of pyridine rings is 1. The molecule has 1 aromatic heterocycles. The molecule has 0 bridgehead atoms. The van der Waals surface area contributed by atoms with Gasteiger partial charge < -0.3 is 5.32 Å². The summed E-state index contributed by atoms with van der Waals surface area (Å²) < 4.78 is 0.986. The highest BCUT2D eigenvalue weighted by atomic mass is 79.9. The molecule has 0 amide bonds. The summed E-state index contributed by atoms with van der Waals surface area (Å²) in [6.45, 7) is 1.13. The van der Waals surface area contributed by atoms with Crippen LogP contribution in [0.1, 0.15) is 37.3 Å². The normalized spacial score (nSPS) is 23.1. The topological polar surface area (TPSA) is 24.9 Å². The molecule has 76 valence electrons. The van der Waals surface area contributed by atoms with Crippen molar-refractivity contribution in [3.8, 4) is 0 Å². The zero-order valence-corrected chi connectivity index (χ0v) is 9.76. The number of aromatic nitrogens is 1. The predicted octanol–water partition coefficient (Wildman–Crippen LogP) is 3.05. The van der Waals surface area contributed by atoms with Gasteiger partial charge in [0.25, 0.3) is 0 Å². The second kappa shape index (κ2) is 4.89. The van der Waals surface area contributed by atoms with E-state index in [2.05, 4.69) is 32.3 Å². The maximum absolute atomic E-state index is 4.26. The van der Waals surface area contributed by atoms with Crippen LogP contribution in [-0.2, 0) is 0 Å². The maximum atomic E-state index is 4.26. The third kappa shape index (κ3) is 2.34. The molecule has 1 aliphatic heterocycles. The molecular weight excluding hydrogens is 240 g/mol. The molecule has 1 aromatic rings. The molecule has 0 aliphatic carbocycles. The van der Waals surface area contributed by atoms with Crippen LogP contribution in [0.4, 0.5) is 0 Å². The van der Waals surface area contributed by atoms with Crippen molar-refractivity contribution in [3.63, 3.8) is 0 Å². The molecule has 1 saturated heterocycles. The van der Waals surface area contributed by atoms with Crippen molar-refractivity contribution in [1.82, 2.24) is 10.3 Å². The van der Waals surface area contributed by atoms with Crippen LogP contribution in [0.3, 0.4) is 0 Å². The minimum absolute atomic E-state index is 0.487. The van der Waals surface area contributed by atoms with E-state index in [0.29, 0.717) is 6.04 Å². The zero-order valence-electron chi connectivity index (χ0n) is 8.17. The largest absolute Gasteiger partial charge is 0.310 e. The second-order valence-corrected chi connectivity index (χ2v) is 4.49. The molecule has 1 N–H and O–H groups in total. The summed E-state index contributed by atoms with van der Waals surface area (Å²) in [5.74, 6) is 0. The Balaban J connectivity index is 2.16. The quantitative estimate of drug-likeness (QED) is 0.780. The average molecular weight is 255 g/mol. The Kier molecular flexibility index (Phi) is 3.54. The summed E-state index contributed by atoms with van der Waals surface area (Å²) in [7, 11) is 0. The molecule has 0 spiro atoms. The third-order valence-corrected chi connectivity index (χ3v) is 3.39. The molecule has 3 heteroatoms. The van der Waals surface area contributed by atoms with Gasteiger partial charge in [-0.1, -0.05) is 18.9 Å². The SMILES string of the molecule is Brc1ncccc1C1CCCCCN1. The van der Waals surface area contributed by atoms with Crippen LogP contribution in [0.5, 0.6) is 0 Å². The van der Waals surface area contributed by atoms with E-state index >= 15 is 0 Å². The van der Waals surface area contributed by atoms with Crippen molar-refractivity contribution in [2.75, 3.05) is 6.54 Å². The predicted molar refractivity (Wildman–Crippen MR) is 61.1 cm³/mol.